The number of hydrogen-bond acceptors (Lipinski definition) is 5. The first-order chi connectivity index (χ1) is 12.0. The fourth-order valence-corrected chi connectivity index (χ4v) is 2.51. The maximum atomic E-state index is 4.58. The van der Waals surface area contributed by atoms with Gasteiger partial charge in [0.2, 0.25) is 5.95 Å². The predicted octanol–water partition coefficient (Wildman–Crippen LogP) is 4.65. The largest absolute Gasteiger partial charge is 0.378 e. The average Bonchev–Trinajstić information content (AvgIpc) is 2.57. The summed E-state index contributed by atoms with van der Waals surface area (Å²) >= 11 is 0. The van der Waals surface area contributed by atoms with Crippen LogP contribution < -0.4 is 15.5 Å². The number of aromatic nitrogens is 2. The van der Waals surface area contributed by atoms with E-state index in [-0.39, 0.29) is 0 Å². The molecule has 0 aliphatic heterocycles. The average molecular weight is 333 g/mol. The highest BCUT2D eigenvalue weighted by molar-refractivity contribution is 5.63. The molecule has 0 aliphatic rings. The molecule has 5 nitrogen and oxygen atoms in total. The highest BCUT2D eigenvalue weighted by Gasteiger charge is 2.05. The van der Waals surface area contributed by atoms with Crippen LogP contribution in [0.5, 0.6) is 0 Å². The molecule has 2 N–H and O–H groups in total. The quantitative estimate of drug-likeness (QED) is 0.712. The smallest absolute Gasteiger partial charge is 0.229 e. The Bertz CT molecular complexity index is 856. The second-order valence-corrected chi connectivity index (χ2v) is 6.22. The van der Waals surface area contributed by atoms with Crippen molar-refractivity contribution in [3.8, 4) is 0 Å². The maximum Gasteiger partial charge on any atom is 0.229 e. The van der Waals surface area contributed by atoms with Gasteiger partial charge in [-0.2, -0.15) is 4.98 Å². The third kappa shape index (κ3) is 4.26. The number of hydrogen-bond donors (Lipinski definition) is 2. The summed E-state index contributed by atoms with van der Waals surface area (Å²) in [6.45, 7) is 4.02. The van der Waals surface area contributed by atoms with Gasteiger partial charge >= 0.3 is 0 Å². The van der Waals surface area contributed by atoms with Crippen molar-refractivity contribution in [1.82, 2.24) is 9.97 Å². The van der Waals surface area contributed by atoms with Crippen LogP contribution >= 0.6 is 0 Å². The van der Waals surface area contributed by atoms with E-state index in [4.69, 9.17) is 0 Å². The molecule has 0 unspecified atom stereocenters. The van der Waals surface area contributed by atoms with Crippen molar-refractivity contribution in [2.24, 2.45) is 0 Å². The molecule has 0 saturated heterocycles. The lowest BCUT2D eigenvalue weighted by Gasteiger charge is -2.14. The zero-order chi connectivity index (χ0) is 17.8. The summed E-state index contributed by atoms with van der Waals surface area (Å²) in [4.78, 5) is 11.1. The van der Waals surface area contributed by atoms with E-state index < -0.39 is 0 Å². The minimum Gasteiger partial charge on any atom is -0.378 e. The zero-order valence-electron chi connectivity index (χ0n) is 15.0. The Labute approximate surface area is 148 Å². The third-order valence-corrected chi connectivity index (χ3v) is 3.90. The monoisotopic (exact) mass is 333 g/mol. The lowest BCUT2D eigenvalue weighted by atomic mass is 10.2. The molecule has 1 heterocycles. The van der Waals surface area contributed by atoms with Crippen LogP contribution in [-0.2, 0) is 0 Å². The van der Waals surface area contributed by atoms with E-state index >= 15 is 0 Å². The van der Waals surface area contributed by atoms with Crippen molar-refractivity contribution in [3.05, 3.63) is 65.9 Å². The van der Waals surface area contributed by atoms with Crippen LogP contribution in [-0.4, -0.2) is 24.1 Å². The Morgan fingerprint density at radius 3 is 2.24 bits per heavy atom. The van der Waals surface area contributed by atoms with E-state index in [9.17, 15) is 0 Å². The molecule has 3 aromatic rings. The third-order valence-electron chi connectivity index (χ3n) is 3.90. The van der Waals surface area contributed by atoms with Gasteiger partial charge in [-0.25, -0.2) is 4.98 Å². The normalized spacial score (nSPS) is 10.4. The summed E-state index contributed by atoms with van der Waals surface area (Å²) in [5.41, 5.74) is 5.21. The first-order valence-corrected chi connectivity index (χ1v) is 8.24. The number of nitrogens with zero attached hydrogens (tertiary/aromatic N) is 3. The van der Waals surface area contributed by atoms with Gasteiger partial charge in [0.1, 0.15) is 5.82 Å². The maximum absolute atomic E-state index is 4.58. The fraction of sp³-hybridized carbons (Fsp3) is 0.200. The van der Waals surface area contributed by atoms with Gasteiger partial charge in [-0.15, -0.1) is 0 Å². The van der Waals surface area contributed by atoms with Crippen LogP contribution in [0.1, 0.15) is 11.3 Å². The molecule has 128 valence electrons. The Morgan fingerprint density at radius 1 is 0.840 bits per heavy atom. The van der Waals surface area contributed by atoms with Gasteiger partial charge in [-0.3, -0.25) is 0 Å². The first-order valence-electron chi connectivity index (χ1n) is 8.24. The predicted molar refractivity (Wildman–Crippen MR) is 105 cm³/mol. The molecule has 0 radical (unpaired) electrons. The Balaban J connectivity index is 1.80. The van der Waals surface area contributed by atoms with Crippen molar-refractivity contribution in [2.75, 3.05) is 29.6 Å². The standard InChI is InChI=1S/C20H23N5/c1-14-7-5-6-8-18(14)23-20-21-15(2)13-19(24-20)22-16-9-11-17(12-10-16)25(3)4/h5-13H,1-4H3,(H2,21,22,23,24). The van der Waals surface area contributed by atoms with Gasteiger partial charge in [0.25, 0.3) is 0 Å². The summed E-state index contributed by atoms with van der Waals surface area (Å²) in [5.74, 6) is 1.35. The number of benzene rings is 2. The molecule has 0 amide bonds. The van der Waals surface area contributed by atoms with E-state index in [1.54, 1.807) is 0 Å². The van der Waals surface area contributed by atoms with Crippen molar-refractivity contribution < 1.29 is 0 Å². The van der Waals surface area contributed by atoms with Gasteiger partial charge in [0, 0.05) is 42.9 Å². The molecule has 5 heteroatoms. The first kappa shape index (κ1) is 16.8. The lowest BCUT2D eigenvalue weighted by molar-refractivity contribution is 1.10. The molecule has 3 rings (SSSR count). The van der Waals surface area contributed by atoms with E-state index in [2.05, 4.69) is 50.6 Å². The molecular formula is C20H23N5. The van der Waals surface area contributed by atoms with Crippen molar-refractivity contribution in [2.45, 2.75) is 13.8 Å². The summed E-state index contributed by atoms with van der Waals surface area (Å²) in [7, 11) is 4.06. The number of para-hydroxylation sites is 1. The fourth-order valence-electron chi connectivity index (χ4n) is 2.51. The van der Waals surface area contributed by atoms with Gasteiger partial charge in [-0.1, -0.05) is 18.2 Å². The Morgan fingerprint density at radius 2 is 1.56 bits per heavy atom. The number of anilines is 5. The van der Waals surface area contributed by atoms with Crippen LogP contribution in [0.3, 0.4) is 0 Å². The highest BCUT2D eigenvalue weighted by atomic mass is 15.1. The van der Waals surface area contributed by atoms with Gasteiger partial charge in [0.05, 0.1) is 0 Å². The molecular weight excluding hydrogens is 310 g/mol. The van der Waals surface area contributed by atoms with E-state index in [0.717, 1.165) is 34.1 Å². The minimum absolute atomic E-state index is 0.585. The summed E-state index contributed by atoms with van der Waals surface area (Å²) in [6.07, 6.45) is 0. The van der Waals surface area contributed by atoms with Crippen LogP contribution in [0.15, 0.2) is 54.6 Å². The lowest BCUT2D eigenvalue weighted by Crippen LogP contribution is -2.08. The molecule has 0 bridgehead atoms. The minimum atomic E-state index is 0.585. The van der Waals surface area contributed by atoms with Crippen LogP contribution in [0.25, 0.3) is 0 Å². The van der Waals surface area contributed by atoms with Crippen LogP contribution in [0.4, 0.5) is 28.8 Å². The molecule has 1 aromatic heterocycles. The van der Waals surface area contributed by atoms with Crippen molar-refractivity contribution in [1.29, 1.82) is 0 Å². The second-order valence-electron chi connectivity index (χ2n) is 6.22. The van der Waals surface area contributed by atoms with Crippen molar-refractivity contribution in [3.63, 3.8) is 0 Å². The molecule has 0 saturated carbocycles. The summed E-state index contributed by atoms with van der Waals surface area (Å²) in [6, 6.07) is 18.3. The molecule has 0 aliphatic carbocycles. The van der Waals surface area contributed by atoms with Crippen LogP contribution in [0.2, 0.25) is 0 Å². The Hall–Kier alpha value is -3.08. The zero-order valence-corrected chi connectivity index (χ0v) is 15.0. The van der Waals surface area contributed by atoms with Gasteiger partial charge in [-0.05, 0) is 49.7 Å². The van der Waals surface area contributed by atoms with Gasteiger partial charge in [0.15, 0.2) is 0 Å². The van der Waals surface area contributed by atoms with E-state index in [1.807, 2.05) is 57.4 Å². The molecule has 0 spiro atoms. The second kappa shape index (κ2) is 7.21. The summed E-state index contributed by atoms with van der Waals surface area (Å²) in [5, 5.41) is 6.64. The number of aryl methyl sites for hydroxylation is 2. The molecule has 2 aromatic carbocycles. The summed E-state index contributed by atoms with van der Waals surface area (Å²) < 4.78 is 0. The van der Waals surface area contributed by atoms with E-state index in [0.29, 0.717) is 5.95 Å². The highest BCUT2D eigenvalue weighted by Crippen LogP contribution is 2.22. The molecule has 25 heavy (non-hydrogen) atoms. The number of nitrogens with one attached hydrogen (secondary N) is 2. The molecule has 0 fully saturated rings. The topological polar surface area (TPSA) is 53.1 Å². The van der Waals surface area contributed by atoms with E-state index in [1.165, 1.54) is 0 Å². The van der Waals surface area contributed by atoms with Crippen LogP contribution in [0, 0.1) is 13.8 Å². The van der Waals surface area contributed by atoms with Crippen molar-refractivity contribution >= 4 is 28.8 Å². The number of rotatable bonds is 5. The van der Waals surface area contributed by atoms with Gasteiger partial charge < -0.3 is 15.5 Å². The molecule has 0 atom stereocenters. The Kier molecular flexibility index (Phi) is 4.84. The SMILES string of the molecule is Cc1cc(Nc2ccc(N(C)C)cc2)nc(Nc2ccccc2C)n1.